The fourth-order valence-corrected chi connectivity index (χ4v) is 4.01. The highest BCUT2D eigenvalue weighted by molar-refractivity contribution is 6.33. The third kappa shape index (κ3) is 3.63. The standard InChI is InChI=1S/C25H21ClN4O2/c1-15-23-19(17-9-5-4-6-10-17)13-22(28-24(23)30(3)29-15)31-14-21-16(2)32-25(27-21)18-11-7-8-12-20(18)26/h4-13H,14H2,1-3H3. The van der Waals surface area contributed by atoms with E-state index in [2.05, 4.69) is 22.2 Å². The predicted molar refractivity (Wildman–Crippen MR) is 125 cm³/mol. The number of pyridine rings is 1. The van der Waals surface area contributed by atoms with Gasteiger partial charge in [0.15, 0.2) is 5.65 Å². The summed E-state index contributed by atoms with van der Waals surface area (Å²) >= 11 is 6.29. The zero-order chi connectivity index (χ0) is 22.2. The second-order valence-corrected chi connectivity index (χ2v) is 7.98. The van der Waals surface area contributed by atoms with Gasteiger partial charge in [-0.2, -0.15) is 10.1 Å². The summed E-state index contributed by atoms with van der Waals surface area (Å²) in [5.41, 5.74) is 5.26. The molecule has 3 heterocycles. The van der Waals surface area contributed by atoms with E-state index in [1.54, 1.807) is 4.68 Å². The lowest BCUT2D eigenvalue weighted by molar-refractivity contribution is 0.288. The van der Waals surface area contributed by atoms with Gasteiger partial charge in [0, 0.05) is 13.1 Å². The fraction of sp³-hybridized carbons (Fsp3) is 0.160. The lowest BCUT2D eigenvalue weighted by atomic mass is 10.0. The molecule has 0 saturated carbocycles. The molecule has 0 aliphatic carbocycles. The third-order valence-electron chi connectivity index (χ3n) is 5.38. The summed E-state index contributed by atoms with van der Waals surface area (Å²) in [6, 6.07) is 19.6. The first kappa shape index (κ1) is 20.3. The van der Waals surface area contributed by atoms with Crippen molar-refractivity contribution in [3.05, 3.63) is 82.8 Å². The Morgan fingerprint density at radius 1 is 0.969 bits per heavy atom. The van der Waals surface area contributed by atoms with Crippen LogP contribution in [0.4, 0.5) is 0 Å². The van der Waals surface area contributed by atoms with Gasteiger partial charge in [-0.3, -0.25) is 4.68 Å². The maximum Gasteiger partial charge on any atom is 0.228 e. The number of halogens is 1. The van der Waals surface area contributed by atoms with Crippen LogP contribution in [-0.2, 0) is 13.7 Å². The second-order valence-electron chi connectivity index (χ2n) is 7.57. The summed E-state index contributed by atoms with van der Waals surface area (Å²) in [6.07, 6.45) is 0. The van der Waals surface area contributed by atoms with E-state index < -0.39 is 0 Å². The van der Waals surface area contributed by atoms with Crippen LogP contribution in [-0.4, -0.2) is 19.7 Å². The number of rotatable bonds is 5. The number of oxazole rings is 1. The summed E-state index contributed by atoms with van der Waals surface area (Å²) in [7, 11) is 1.89. The van der Waals surface area contributed by atoms with Crippen molar-refractivity contribution >= 4 is 22.6 Å². The fourth-order valence-electron chi connectivity index (χ4n) is 3.80. The number of aromatic nitrogens is 4. The Hall–Kier alpha value is -3.64. The van der Waals surface area contributed by atoms with E-state index in [0.717, 1.165) is 33.4 Å². The number of hydrogen-bond acceptors (Lipinski definition) is 5. The minimum absolute atomic E-state index is 0.226. The van der Waals surface area contributed by atoms with Crippen molar-refractivity contribution in [2.24, 2.45) is 7.05 Å². The first-order valence-corrected chi connectivity index (χ1v) is 10.6. The van der Waals surface area contributed by atoms with Crippen molar-refractivity contribution in [3.63, 3.8) is 0 Å². The molecule has 5 aromatic rings. The molecule has 3 aromatic heterocycles. The van der Waals surface area contributed by atoms with E-state index in [4.69, 9.17) is 25.7 Å². The molecule has 6 nitrogen and oxygen atoms in total. The highest BCUT2D eigenvalue weighted by atomic mass is 35.5. The van der Waals surface area contributed by atoms with E-state index in [0.29, 0.717) is 28.2 Å². The summed E-state index contributed by atoms with van der Waals surface area (Å²) in [5, 5.41) is 6.16. The summed E-state index contributed by atoms with van der Waals surface area (Å²) in [4.78, 5) is 9.30. The average Bonchev–Trinajstić information content (AvgIpc) is 3.31. The lowest BCUT2D eigenvalue weighted by Gasteiger charge is -2.09. The van der Waals surface area contributed by atoms with Crippen LogP contribution in [0.15, 0.2) is 65.1 Å². The van der Waals surface area contributed by atoms with E-state index in [-0.39, 0.29) is 6.61 Å². The molecule has 0 spiro atoms. The molecule has 0 atom stereocenters. The van der Waals surface area contributed by atoms with Gasteiger partial charge in [-0.05, 0) is 37.1 Å². The second kappa shape index (κ2) is 8.13. The maximum atomic E-state index is 6.29. The molecule has 2 aromatic carbocycles. The van der Waals surface area contributed by atoms with E-state index >= 15 is 0 Å². The molecule has 7 heteroatoms. The van der Waals surface area contributed by atoms with Gasteiger partial charge in [-0.15, -0.1) is 0 Å². The molecule has 0 radical (unpaired) electrons. The molecular formula is C25H21ClN4O2. The van der Waals surface area contributed by atoms with Crippen LogP contribution in [0.5, 0.6) is 5.88 Å². The van der Waals surface area contributed by atoms with Gasteiger partial charge in [-0.25, -0.2) is 4.98 Å². The van der Waals surface area contributed by atoms with Gasteiger partial charge in [0.25, 0.3) is 0 Å². The molecule has 0 aliphatic rings. The lowest BCUT2D eigenvalue weighted by Crippen LogP contribution is -2.01. The highest BCUT2D eigenvalue weighted by Gasteiger charge is 2.18. The molecular weight excluding hydrogens is 424 g/mol. The normalized spacial score (nSPS) is 11.2. The van der Waals surface area contributed by atoms with Crippen LogP contribution in [0.2, 0.25) is 5.02 Å². The van der Waals surface area contributed by atoms with Gasteiger partial charge in [0.1, 0.15) is 18.1 Å². The highest BCUT2D eigenvalue weighted by Crippen LogP contribution is 2.33. The van der Waals surface area contributed by atoms with Crippen LogP contribution in [0.1, 0.15) is 17.1 Å². The monoisotopic (exact) mass is 444 g/mol. The van der Waals surface area contributed by atoms with E-state index in [1.165, 1.54) is 0 Å². The SMILES string of the molecule is Cc1oc(-c2ccccc2Cl)nc1COc1cc(-c2ccccc2)c2c(C)nn(C)c2n1. The molecule has 0 bridgehead atoms. The number of hydrogen-bond donors (Lipinski definition) is 0. The zero-order valence-corrected chi connectivity index (χ0v) is 18.7. The summed E-state index contributed by atoms with van der Waals surface area (Å²) in [5.74, 6) is 1.66. The smallest absolute Gasteiger partial charge is 0.228 e. The molecule has 0 unspecified atom stereocenters. The molecule has 0 aliphatic heterocycles. The van der Waals surface area contributed by atoms with Crippen LogP contribution < -0.4 is 4.74 Å². The molecule has 160 valence electrons. The molecule has 0 saturated heterocycles. The van der Waals surface area contributed by atoms with Crippen molar-refractivity contribution in [3.8, 4) is 28.5 Å². The van der Waals surface area contributed by atoms with Crippen LogP contribution in [0, 0.1) is 13.8 Å². The van der Waals surface area contributed by atoms with Crippen molar-refractivity contribution < 1.29 is 9.15 Å². The summed E-state index contributed by atoms with van der Waals surface area (Å²) in [6.45, 7) is 4.08. The zero-order valence-electron chi connectivity index (χ0n) is 18.0. The molecule has 5 rings (SSSR count). The topological polar surface area (TPSA) is 66.0 Å². The minimum atomic E-state index is 0.226. The quantitative estimate of drug-likeness (QED) is 0.325. The number of fused-ring (bicyclic) bond motifs is 1. The van der Waals surface area contributed by atoms with Crippen LogP contribution in [0.3, 0.4) is 0 Å². The van der Waals surface area contributed by atoms with Crippen molar-refractivity contribution in [2.45, 2.75) is 20.5 Å². The number of nitrogens with zero attached hydrogens (tertiary/aromatic N) is 4. The first-order chi connectivity index (χ1) is 15.5. The predicted octanol–water partition coefficient (Wildman–Crippen LogP) is 6.14. The number of ether oxygens (including phenoxy) is 1. The molecule has 0 N–H and O–H groups in total. The van der Waals surface area contributed by atoms with Gasteiger partial charge in [-0.1, -0.05) is 54.1 Å². The molecule has 0 fully saturated rings. The number of aryl methyl sites for hydroxylation is 3. The first-order valence-electron chi connectivity index (χ1n) is 10.2. The van der Waals surface area contributed by atoms with Crippen LogP contribution >= 0.6 is 11.6 Å². The Morgan fingerprint density at radius 3 is 2.50 bits per heavy atom. The molecule has 0 amide bonds. The van der Waals surface area contributed by atoms with E-state index in [1.807, 2.05) is 69.4 Å². The Kier molecular flexibility index (Phi) is 5.15. The largest absolute Gasteiger partial charge is 0.471 e. The Labute approximate surface area is 190 Å². The average molecular weight is 445 g/mol. The van der Waals surface area contributed by atoms with E-state index in [9.17, 15) is 0 Å². The van der Waals surface area contributed by atoms with Gasteiger partial charge in [0.2, 0.25) is 11.8 Å². The van der Waals surface area contributed by atoms with Crippen molar-refractivity contribution in [1.29, 1.82) is 0 Å². The molecule has 32 heavy (non-hydrogen) atoms. The Bertz CT molecular complexity index is 1420. The van der Waals surface area contributed by atoms with Crippen molar-refractivity contribution in [1.82, 2.24) is 19.7 Å². The number of benzene rings is 2. The Morgan fingerprint density at radius 2 is 1.72 bits per heavy atom. The van der Waals surface area contributed by atoms with Gasteiger partial charge in [0.05, 0.1) is 21.7 Å². The maximum absolute atomic E-state index is 6.29. The van der Waals surface area contributed by atoms with Gasteiger partial charge < -0.3 is 9.15 Å². The minimum Gasteiger partial charge on any atom is -0.471 e. The van der Waals surface area contributed by atoms with Gasteiger partial charge >= 0.3 is 0 Å². The Balaban J connectivity index is 1.49. The van der Waals surface area contributed by atoms with Crippen LogP contribution in [0.25, 0.3) is 33.6 Å². The third-order valence-corrected chi connectivity index (χ3v) is 5.71. The summed E-state index contributed by atoms with van der Waals surface area (Å²) < 4.78 is 13.7. The van der Waals surface area contributed by atoms with Crippen molar-refractivity contribution in [2.75, 3.05) is 0 Å².